The average Bonchev–Trinajstić information content (AvgIpc) is 2.86. The highest BCUT2D eigenvalue weighted by molar-refractivity contribution is 5.90. The van der Waals surface area contributed by atoms with E-state index in [0.717, 1.165) is 11.1 Å². The molecule has 1 saturated heterocycles. The van der Waals surface area contributed by atoms with Crippen LogP contribution in [0.4, 0.5) is 4.39 Å². The number of ether oxygens (including phenoxy) is 3. The van der Waals surface area contributed by atoms with Gasteiger partial charge in [0.15, 0.2) is 0 Å². The largest absolute Gasteiger partial charge is 0.497 e. The van der Waals surface area contributed by atoms with Crippen LogP contribution in [0.3, 0.4) is 0 Å². The number of carbonyl (C=O) groups excluding carboxylic acids is 2. The number of amides is 1. The van der Waals surface area contributed by atoms with Crippen molar-refractivity contribution in [1.29, 1.82) is 0 Å². The van der Waals surface area contributed by atoms with Gasteiger partial charge in [-0.3, -0.25) is 4.79 Å². The standard InChI is InChI=1S/C26H24FNO5/c1-31-21-11-13-22(14-12-21)33-24-23(18-5-7-19(8-6-18)26(30)32-2)28(25(24)29)16-15-17-3-9-20(27)10-4-17/h3-14,23-24H,15-16H2,1-2H3/t23-,24+/m1/s1. The van der Waals surface area contributed by atoms with Crippen molar-refractivity contribution < 1.29 is 28.2 Å². The number of rotatable bonds is 8. The molecular weight excluding hydrogens is 425 g/mol. The van der Waals surface area contributed by atoms with E-state index in [-0.39, 0.29) is 17.8 Å². The van der Waals surface area contributed by atoms with Gasteiger partial charge in [0.1, 0.15) is 23.4 Å². The third-order valence-corrected chi connectivity index (χ3v) is 5.70. The van der Waals surface area contributed by atoms with Crippen LogP contribution in [-0.4, -0.2) is 43.6 Å². The molecule has 4 rings (SSSR count). The van der Waals surface area contributed by atoms with Crippen LogP contribution in [0, 0.1) is 5.82 Å². The van der Waals surface area contributed by atoms with Gasteiger partial charge in [0.25, 0.3) is 5.91 Å². The van der Waals surface area contributed by atoms with Gasteiger partial charge in [-0.25, -0.2) is 9.18 Å². The third-order valence-electron chi connectivity index (χ3n) is 5.70. The van der Waals surface area contributed by atoms with E-state index in [0.29, 0.717) is 30.0 Å². The van der Waals surface area contributed by atoms with Gasteiger partial charge in [-0.2, -0.15) is 0 Å². The van der Waals surface area contributed by atoms with Gasteiger partial charge in [0, 0.05) is 6.54 Å². The summed E-state index contributed by atoms with van der Waals surface area (Å²) in [6, 6.07) is 19.9. The molecule has 0 bridgehead atoms. The number of methoxy groups -OCH3 is 2. The van der Waals surface area contributed by atoms with E-state index in [1.807, 2.05) is 0 Å². The molecule has 0 aromatic heterocycles. The van der Waals surface area contributed by atoms with Crippen LogP contribution in [0.1, 0.15) is 27.5 Å². The Morgan fingerprint density at radius 3 is 2.15 bits per heavy atom. The molecule has 0 unspecified atom stereocenters. The average molecular weight is 449 g/mol. The normalized spacial score (nSPS) is 17.3. The van der Waals surface area contributed by atoms with Crippen molar-refractivity contribution in [2.24, 2.45) is 0 Å². The number of likely N-dealkylation sites (tertiary alicyclic amines) is 1. The lowest BCUT2D eigenvalue weighted by atomic mass is 9.89. The first-order valence-electron chi connectivity index (χ1n) is 10.5. The highest BCUT2D eigenvalue weighted by Gasteiger charge is 2.49. The first kappa shape index (κ1) is 22.3. The summed E-state index contributed by atoms with van der Waals surface area (Å²) in [5.74, 6) is 0.400. The minimum atomic E-state index is -0.699. The summed E-state index contributed by atoms with van der Waals surface area (Å²) in [6.07, 6.45) is -0.117. The first-order chi connectivity index (χ1) is 16.0. The number of halogens is 1. The van der Waals surface area contributed by atoms with Crippen LogP contribution in [0.25, 0.3) is 0 Å². The summed E-state index contributed by atoms with van der Waals surface area (Å²) >= 11 is 0. The second kappa shape index (κ2) is 9.73. The molecule has 0 spiro atoms. The number of hydrogen-bond donors (Lipinski definition) is 0. The van der Waals surface area contributed by atoms with E-state index in [1.54, 1.807) is 72.7 Å². The number of carbonyl (C=O) groups is 2. The summed E-state index contributed by atoms with van der Waals surface area (Å²) in [5, 5.41) is 0. The maximum atomic E-state index is 13.2. The zero-order chi connectivity index (χ0) is 23.4. The number of hydrogen-bond acceptors (Lipinski definition) is 5. The van der Waals surface area contributed by atoms with Gasteiger partial charge in [0.05, 0.1) is 19.8 Å². The van der Waals surface area contributed by atoms with Gasteiger partial charge in [-0.15, -0.1) is 0 Å². The van der Waals surface area contributed by atoms with Crippen LogP contribution < -0.4 is 9.47 Å². The van der Waals surface area contributed by atoms with Crippen molar-refractivity contribution in [3.8, 4) is 11.5 Å². The Balaban J connectivity index is 1.55. The Bertz CT molecular complexity index is 1110. The molecule has 0 saturated carbocycles. The van der Waals surface area contributed by atoms with Crippen molar-refractivity contribution in [3.63, 3.8) is 0 Å². The third kappa shape index (κ3) is 4.82. The van der Waals surface area contributed by atoms with E-state index in [2.05, 4.69) is 0 Å². The summed E-state index contributed by atoms with van der Waals surface area (Å²) in [7, 11) is 2.91. The van der Waals surface area contributed by atoms with E-state index < -0.39 is 12.1 Å². The molecule has 170 valence electrons. The molecule has 1 aliphatic rings. The molecular formula is C26H24FNO5. The summed E-state index contributed by atoms with van der Waals surface area (Å²) in [6.45, 7) is 0.455. The number of β-lactam (4-membered cyclic amide) rings is 1. The van der Waals surface area contributed by atoms with Gasteiger partial charge in [0.2, 0.25) is 6.10 Å². The number of esters is 1. The minimum Gasteiger partial charge on any atom is -0.497 e. The van der Waals surface area contributed by atoms with Gasteiger partial charge < -0.3 is 19.1 Å². The molecule has 2 atom stereocenters. The van der Waals surface area contributed by atoms with E-state index in [9.17, 15) is 14.0 Å². The second-order valence-corrected chi connectivity index (χ2v) is 7.68. The monoisotopic (exact) mass is 449 g/mol. The van der Waals surface area contributed by atoms with Crippen molar-refractivity contribution >= 4 is 11.9 Å². The van der Waals surface area contributed by atoms with Gasteiger partial charge in [-0.05, 0) is 66.1 Å². The van der Waals surface area contributed by atoms with E-state index in [4.69, 9.17) is 14.2 Å². The maximum Gasteiger partial charge on any atom is 0.337 e. The van der Waals surface area contributed by atoms with Crippen LogP contribution in [0.5, 0.6) is 11.5 Å². The Kier molecular flexibility index (Phi) is 6.58. The summed E-state index contributed by atoms with van der Waals surface area (Å²) < 4.78 is 29.2. The Labute approximate surface area is 191 Å². The predicted octanol–water partition coefficient (Wildman–Crippen LogP) is 4.19. The lowest BCUT2D eigenvalue weighted by molar-refractivity contribution is -0.164. The van der Waals surface area contributed by atoms with Crippen LogP contribution >= 0.6 is 0 Å². The molecule has 1 amide bonds. The molecule has 0 radical (unpaired) electrons. The topological polar surface area (TPSA) is 65.1 Å². The zero-order valence-electron chi connectivity index (χ0n) is 18.4. The SMILES string of the molecule is COC(=O)c1ccc([C@@H]2[C@H](Oc3ccc(OC)cc3)C(=O)N2CCc2ccc(F)cc2)cc1. The highest BCUT2D eigenvalue weighted by Crippen LogP contribution is 2.38. The molecule has 0 N–H and O–H groups in total. The zero-order valence-corrected chi connectivity index (χ0v) is 18.4. The Morgan fingerprint density at radius 2 is 1.55 bits per heavy atom. The molecule has 3 aromatic carbocycles. The Hall–Kier alpha value is -3.87. The molecule has 3 aromatic rings. The molecule has 1 aliphatic heterocycles. The first-order valence-corrected chi connectivity index (χ1v) is 10.5. The second-order valence-electron chi connectivity index (χ2n) is 7.68. The van der Waals surface area contributed by atoms with Crippen molar-refractivity contribution in [2.45, 2.75) is 18.6 Å². The fraction of sp³-hybridized carbons (Fsp3) is 0.231. The van der Waals surface area contributed by atoms with Crippen molar-refractivity contribution in [2.75, 3.05) is 20.8 Å². The van der Waals surface area contributed by atoms with Gasteiger partial charge >= 0.3 is 5.97 Å². The highest BCUT2D eigenvalue weighted by atomic mass is 19.1. The molecule has 6 nitrogen and oxygen atoms in total. The molecule has 1 heterocycles. The predicted molar refractivity (Wildman–Crippen MR) is 120 cm³/mol. The molecule has 1 fully saturated rings. The molecule has 0 aliphatic carbocycles. The van der Waals surface area contributed by atoms with E-state index in [1.165, 1.54) is 19.2 Å². The molecule has 7 heteroatoms. The Morgan fingerprint density at radius 1 is 0.909 bits per heavy atom. The van der Waals surface area contributed by atoms with Crippen molar-refractivity contribution in [1.82, 2.24) is 4.90 Å². The van der Waals surface area contributed by atoms with Crippen LogP contribution in [-0.2, 0) is 16.0 Å². The summed E-state index contributed by atoms with van der Waals surface area (Å²) in [4.78, 5) is 26.5. The number of nitrogens with zero attached hydrogens (tertiary/aromatic N) is 1. The maximum absolute atomic E-state index is 13.2. The lowest BCUT2D eigenvalue weighted by Gasteiger charge is -2.47. The molecule has 33 heavy (non-hydrogen) atoms. The van der Waals surface area contributed by atoms with Crippen LogP contribution in [0.15, 0.2) is 72.8 Å². The number of benzene rings is 3. The summed E-state index contributed by atoms with van der Waals surface area (Å²) in [5.41, 5.74) is 2.21. The lowest BCUT2D eigenvalue weighted by Crippen LogP contribution is -2.61. The smallest absolute Gasteiger partial charge is 0.337 e. The van der Waals surface area contributed by atoms with E-state index >= 15 is 0 Å². The quantitative estimate of drug-likeness (QED) is 0.381. The van der Waals surface area contributed by atoms with Gasteiger partial charge in [-0.1, -0.05) is 24.3 Å². The fourth-order valence-corrected chi connectivity index (χ4v) is 3.87. The van der Waals surface area contributed by atoms with Crippen LogP contribution in [0.2, 0.25) is 0 Å². The fourth-order valence-electron chi connectivity index (χ4n) is 3.87. The minimum absolute atomic E-state index is 0.130. The van der Waals surface area contributed by atoms with Crippen molar-refractivity contribution in [3.05, 3.63) is 95.3 Å².